The minimum Gasteiger partial charge on any atom is -0.400 e. The second-order valence-corrected chi connectivity index (χ2v) is 7.66. The van der Waals surface area contributed by atoms with Crippen LogP contribution in [-0.2, 0) is 9.31 Å². The van der Waals surface area contributed by atoms with Crippen LogP contribution in [0.2, 0.25) is 0 Å². The Labute approximate surface area is 142 Å². The van der Waals surface area contributed by atoms with Crippen molar-refractivity contribution in [1.29, 1.82) is 0 Å². The highest BCUT2D eigenvalue weighted by molar-refractivity contribution is 9.10. The molecule has 1 heterocycles. The van der Waals surface area contributed by atoms with E-state index >= 15 is 0 Å². The van der Waals surface area contributed by atoms with Crippen molar-refractivity contribution >= 4 is 41.8 Å². The maximum Gasteiger partial charge on any atom is 0.491 e. The van der Waals surface area contributed by atoms with Gasteiger partial charge in [-0.25, -0.2) is 0 Å². The van der Waals surface area contributed by atoms with E-state index in [4.69, 9.17) is 9.31 Å². The van der Waals surface area contributed by atoms with Gasteiger partial charge in [-0.3, -0.25) is 0 Å². The summed E-state index contributed by atoms with van der Waals surface area (Å²) in [6.07, 6.45) is 2.10. The molecule has 0 aromatic heterocycles. The zero-order chi connectivity index (χ0) is 15.8. The summed E-state index contributed by atoms with van der Waals surface area (Å²) in [5, 5.41) is 0. The van der Waals surface area contributed by atoms with E-state index < -0.39 is 0 Å². The topological polar surface area (TPSA) is 18.5 Å². The fraction of sp³-hybridized carbons (Fsp3) is 0.500. The second kappa shape index (κ2) is 6.11. The maximum atomic E-state index is 6.10. The molecule has 1 aromatic rings. The number of rotatable bonds is 3. The predicted molar refractivity (Wildman–Crippen MR) is 96.8 cm³/mol. The first-order valence-corrected chi connectivity index (χ1v) is 8.52. The van der Waals surface area contributed by atoms with Gasteiger partial charge in [0, 0.05) is 10.2 Å². The van der Waals surface area contributed by atoms with E-state index in [9.17, 15) is 0 Å². The first kappa shape index (κ1) is 17.1. The van der Waals surface area contributed by atoms with E-state index in [1.54, 1.807) is 0 Å². The van der Waals surface area contributed by atoms with Crippen LogP contribution in [-0.4, -0.2) is 24.1 Å². The fourth-order valence-corrected chi connectivity index (χ4v) is 2.98. The number of halogens is 1. The molecular formula is C16H22BBrO2S. The molecule has 1 saturated heterocycles. The number of benzene rings is 1. The highest BCUT2D eigenvalue weighted by atomic mass is 79.9. The lowest BCUT2D eigenvalue weighted by Crippen LogP contribution is -2.41. The third kappa shape index (κ3) is 3.58. The molecule has 2 nitrogen and oxygen atoms in total. The van der Waals surface area contributed by atoms with Gasteiger partial charge in [-0.15, -0.1) is 0 Å². The lowest BCUT2D eigenvalue weighted by atomic mass is 9.78. The summed E-state index contributed by atoms with van der Waals surface area (Å²) in [6, 6.07) is 6.29. The van der Waals surface area contributed by atoms with Gasteiger partial charge in [0.05, 0.1) is 11.2 Å². The summed E-state index contributed by atoms with van der Waals surface area (Å²) < 4.78 is 13.3. The standard InChI is InChI=1S/C16H22BBrO2S/c1-11-6-7-12(14(18)8-11)9-13(10-21)17-19-15(2,3)16(4,5)20-17/h6-9,21H,10H2,1-5H3. The van der Waals surface area contributed by atoms with Gasteiger partial charge < -0.3 is 9.31 Å². The largest absolute Gasteiger partial charge is 0.491 e. The first-order valence-electron chi connectivity index (χ1n) is 7.09. The second-order valence-electron chi connectivity index (χ2n) is 6.49. The molecule has 0 aliphatic carbocycles. The molecule has 1 fully saturated rings. The van der Waals surface area contributed by atoms with Gasteiger partial charge in [-0.05, 0) is 57.3 Å². The van der Waals surface area contributed by atoms with Crippen LogP contribution in [0.15, 0.2) is 28.1 Å². The third-order valence-electron chi connectivity index (χ3n) is 4.24. The van der Waals surface area contributed by atoms with E-state index in [-0.39, 0.29) is 18.3 Å². The molecule has 0 spiro atoms. The van der Waals surface area contributed by atoms with Gasteiger partial charge in [0.15, 0.2) is 0 Å². The van der Waals surface area contributed by atoms with E-state index in [1.165, 1.54) is 5.56 Å². The first-order chi connectivity index (χ1) is 9.66. The predicted octanol–water partition coefficient (Wildman–Crippen LogP) is 4.70. The summed E-state index contributed by atoms with van der Waals surface area (Å²) in [7, 11) is -0.347. The minimum absolute atomic E-state index is 0.329. The highest BCUT2D eigenvalue weighted by Gasteiger charge is 2.52. The molecule has 0 N–H and O–H groups in total. The molecule has 1 aliphatic rings. The van der Waals surface area contributed by atoms with Crippen LogP contribution in [0, 0.1) is 6.92 Å². The maximum absolute atomic E-state index is 6.10. The number of hydrogen-bond donors (Lipinski definition) is 1. The third-order valence-corrected chi connectivity index (χ3v) is 5.29. The smallest absolute Gasteiger partial charge is 0.400 e. The van der Waals surface area contributed by atoms with E-state index in [0.717, 1.165) is 15.5 Å². The van der Waals surface area contributed by atoms with Crippen LogP contribution in [0.25, 0.3) is 6.08 Å². The average molecular weight is 369 g/mol. The number of aryl methyl sites for hydroxylation is 1. The Kier molecular flexibility index (Phi) is 4.99. The zero-order valence-corrected chi connectivity index (χ0v) is 15.7. The highest BCUT2D eigenvalue weighted by Crippen LogP contribution is 2.39. The Bertz CT molecular complexity index is 553. The van der Waals surface area contributed by atoms with E-state index in [0.29, 0.717) is 5.75 Å². The summed E-state index contributed by atoms with van der Waals surface area (Å²) in [5.41, 5.74) is 2.71. The van der Waals surface area contributed by atoms with E-state index in [2.05, 4.69) is 87.5 Å². The zero-order valence-electron chi connectivity index (χ0n) is 13.2. The molecule has 21 heavy (non-hydrogen) atoms. The lowest BCUT2D eigenvalue weighted by molar-refractivity contribution is 0.00578. The normalized spacial score (nSPS) is 20.9. The molecule has 0 radical (unpaired) electrons. The number of thiol groups is 1. The van der Waals surface area contributed by atoms with Crippen molar-refractivity contribution in [2.24, 2.45) is 0 Å². The van der Waals surface area contributed by atoms with Crippen molar-refractivity contribution < 1.29 is 9.31 Å². The molecule has 114 valence electrons. The summed E-state index contributed by atoms with van der Waals surface area (Å²) >= 11 is 8.05. The van der Waals surface area contributed by atoms with Crippen LogP contribution in [0.5, 0.6) is 0 Å². The molecule has 1 aromatic carbocycles. The lowest BCUT2D eigenvalue weighted by Gasteiger charge is -2.32. The Balaban J connectivity index is 2.31. The van der Waals surface area contributed by atoms with Gasteiger partial charge in [-0.2, -0.15) is 12.6 Å². The molecule has 0 atom stereocenters. The fourth-order valence-electron chi connectivity index (χ4n) is 2.13. The van der Waals surface area contributed by atoms with Crippen LogP contribution < -0.4 is 0 Å². The van der Waals surface area contributed by atoms with Gasteiger partial charge in [-0.1, -0.05) is 34.1 Å². The van der Waals surface area contributed by atoms with Crippen molar-refractivity contribution in [3.8, 4) is 0 Å². The number of hydrogen-bond acceptors (Lipinski definition) is 3. The molecule has 1 aliphatic heterocycles. The Morgan fingerprint density at radius 3 is 2.29 bits per heavy atom. The van der Waals surface area contributed by atoms with Gasteiger partial charge >= 0.3 is 7.12 Å². The van der Waals surface area contributed by atoms with E-state index in [1.807, 2.05) is 0 Å². The van der Waals surface area contributed by atoms with Crippen LogP contribution in [0.4, 0.5) is 0 Å². The monoisotopic (exact) mass is 368 g/mol. The molecule has 0 amide bonds. The van der Waals surface area contributed by atoms with Crippen molar-refractivity contribution in [3.63, 3.8) is 0 Å². The Morgan fingerprint density at radius 2 is 1.81 bits per heavy atom. The van der Waals surface area contributed by atoms with Crippen molar-refractivity contribution in [1.82, 2.24) is 0 Å². The Morgan fingerprint density at radius 1 is 1.24 bits per heavy atom. The Hall–Kier alpha value is -0.225. The SMILES string of the molecule is Cc1ccc(C=C(CS)B2OC(C)(C)C(C)(C)O2)c(Br)c1. The van der Waals surface area contributed by atoms with Crippen LogP contribution in [0.1, 0.15) is 38.8 Å². The summed E-state index contributed by atoms with van der Waals surface area (Å²) in [6.45, 7) is 10.3. The van der Waals surface area contributed by atoms with Crippen LogP contribution >= 0.6 is 28.6 Å². The van der Waals surface area contributed by atoms with Crippen LogP contribution in [0.3, 0.4) is 0 Å². The minimum atomic E-state index is -0.347. The quantitative estimate of drug-likeness (QED) is 0.615. The molecular weight excluding hydrogens is 347 g/mol. The molecule has 0 saturated carbocycles. The van der Waals surface area contributed by atoms with Crippen molar-refractivity contribution in [3.05, 3.63) is 39.3 Å². The molecule has 0 unspecified atom stereocenters. The molecule has 2 rings (SSSR count). The van der Waals surface area contributed by atoms with Gasteiger partial charge in [0.25, 0.3) is 0 Å². The average Bonchev–Trinajstić information content (AvgIpc) is 2.57. The molecule has 5 heteroatoms. The summed E-state index contributed by atoms with van der Waals surface area (Å²) in [5.74, 6) is 0.594. The van der Waals surface area contributed by atoms with Crippen molar-refractivity contribution in [2.75, 3.05) is 5.75 Å². The molecule has 0 bridgehead atoms. The van der Waals surface area contributed by atoms with Crippen molar-refractivity contribution in [2.45, 2.75) is 45.8 Å². The van der Waals surface area contributed by atoms with Gasteiger partial charge in [0.2, 0.25) is 0 Å². The summed E-state index contributed by atoms with van der Waals surface area (Å²) in [4.78, 5) is 0. The van der Waals surface area contributed by atoms with Gasteiger partial charge in [0.1, 0.15) is 0 Å².